The second-order valence-electron chi connectivity index (χ2n) is 7.05. The maximum absolute atomic E-state index is 12.6. The molecule has 142 valence electrons. The van der Waals surface area contributed by atoms with E-state index in [2.05, 4.69) is 31.9 Å². The lowest BCUT2D eigenvalue weighted by Gasteiger charge is -2.30. The monoisotopic (exact) mass is 423 g/mol. The number of halogens is 1. The lowest BCUT2D eigenvalue weighted by Crippen LogP contribution is -2.46. The highest BCUT2D eigenvalue weighted by Crippen LogP contribution is 2.30. The van der Waals surface area contributed by atoms with Crippen molar-refractivity contribution in [3.63, 3.8) is 0 Å². The van der Waals surface area contributed by atoms with E-state index in [1.807, 2.05) is 18.2 Å². The van der Waals surface area contributed by atoms with Crippen LogP contribution in [0.25, 0.3) is 0 Å². The molecule has 1 aromatic carbocycles. The molecule has 0 bridgehead atoms. The summed E-state index contributed by atoms with van der Waals surface area (Å²) >= 11 is 3.47. The summed E-state index contributed by atoms with van der Waals surface area (Å²) in [6, 6.07) is 5.74. The zero-order valence-corrected chi connectivity index (χ0v) is 16.6. The van der Waals surface area contributed by atoms with Crippen molar-refractivity contribution in [3.05, 3.63) is 22.7 Å². The molecule has 26 heavy (non-hydrogen) atoms. The highest BCUT2D eigenvalue weighted by molar-refractivity contribution is 9.10. The maximum Gasteiger partial charge on any atom is 0.247 e. The number of methoxy groups -OCH3 is 1. The molecule has 1 atom stereocenters. The van der Waals surface area contributed by atoms with E-state index in [1.165, 1.54) is 0 Å². The minimum atomic E-state index is -0.458. The number of carbonyl (C=O) groups excluding carboxylic acids is 2. The van der Waals surface area contributed by atoms with E-state index in [9.17, 15) is 9.59 Å². The SMILES string of the molecule is CO[C@H]1CC[C@H](Nc2ccc(Br)cc2NC(=O)[C@@H]2CCCC(=O)N2)CC1. The minimum absolute atomic E-state index is 0.0566. The molecule has 3 rings (SSSR count). The fourth-order valence-corrected chi connectivity index (χ4v) is 3.99. The molecular formula is C19H26BrN3O3. The van der Waals surface area contributed by atoms with Crippen LogP contribution >= 0.6 is 15.9 Å². The highest BCUT2D eigenvalue weighted by Gasteiger charge is 2.26. The third-order valence-corrected chi connectivity index (χ3v) is 5.65. The van der Waals surface area contributed by atoms with Gasteiger partial charge in [-0.15, -0.1) is 0 Å². The summed E-state index contributed by atoms with van der Waals surface area (Å²) in [6.45, 7) is 0. The van der Waals surface area contributed by atoms with Gasteiger partial charge in [-0.2, -0.15) is 0 Å². The Balaban J connectivity index is 1.66. The van der Waals surface area contributed by atoms with Gasteiger partial charge >= 0.3 is 0 Å². The van der Waals surface area contributed by atoms with Crippen LogP contribution in [0.3, 0.4) is 0 Å². The number of carbonyl (C=O) groups is 2. The molecule has 1 aliphatic heterocycles. The van der Waals surface area contributed by atoms with Gasteiger partial charge in [0.15, 0.2) is 0 Å². The zero-order valence-electron chi connectivity index (χ0n) is 15.0. The van der Waals surface area contributed by atoms with E-state index in [4.69, 9.17) is 4.74 Å². The van der Waals surface area contributed by atoms with E-state index < -0.39 is 6.04 Å². The van der Waals surface area contributed by atoms with Gasteiger partial charge in [0.2, 0.25) is 11.8 Å². The van der Waals surface area contributed by atoms with Crippen LogP contribution in [0.15, 0.2) is 22.7 Å². The van der Waals surface area contributed by atoms with Crippen molar-refractivity contribution in [2.45, 2.75) is 63.1 Å². The molecule has 1 aliphatic carbocycles. The second-order valence-corrected chi connectivity index (χ2v) is 7.96. The Kier molecular flexibility index (Phi) is 6.53. The van der Waals surface area contributed by atoms with Crippen molar-refractivity contribution in [3.8, 4) is 0 Å². The number of benzene rings is 1. The van der Waals surface area contributed by atoms with Gasteiger partial charge in [-0.25, -0.2) is 0 Å². The van der Waals surface area contributed by atoms with Crippen molar-refractivity contribution < 1.29 is 14.3 Å². The second kappa shape index (κ2) is 8.86. The van der Waals surface area contributed by atoms with E-state index in [0.717, 1.165) is 48.0 Å². The summed E-state index contributed by atoms with van der Waals surface area (Å²) in [5, 5.41) is 9.31. The van der Waals surface area contributed by atoms with E-state index in [-0.39, 0.29) is 11.8 Å². The molecule has 0 spiro atoms. The summed E-state index contributed by atoms with van der Waals surface area (Å²) in [4.78, 5) is 24.1. The summed E-state index contributed by atoms with van der Waals surface area (Å²) in [6.07, 6.45) is 6.44. The topological polar surface area (TPSA) is 79.5 Å². The molecule has 2 fully saturated rings. The number of amides is 2. The van der Waals surface area contributed by atoms with Gasteiger partial charge in [-0.3, -0.25) is 9.59 Å². The molecule has 6 nitrogen and oxygen atoms in total. The first-order valence-corrected chi connectivity index (χ1v) is 10.0. The van der Waals surface area contributed by atoms with Gasteiger partial charge in [0.1, 0.15) is 6.04 Å². The van der Waals surface area contributed by atoms with Crippen LogP contribution < -0.4 is 16.0 Å². The predicted molar refractivity (Wildman–Crippen MR) is 105 cm³/mol. The fourth-order valence-electron chi connectivity index (χ4n) is 3.63. The predicted octanol–water partition coefficient (Wildman–Crippen LogP) is 3.43. The van der Waals surface area contributed by atoms with Crippen LogP contribution in [0, 0.1) is 0 Å². The van der Waals surface area contributed by atoms with Crippen molar-refractivity contribution in [1.82, 2.24) is 5.32 Å². The van der Waals surface area contributed by atoms with Crippen LogP contribution in [0.5, 0.6) is 0 Å². The number of piperidine rings is 1. The number of anilines is 2. The molecule has 2 aliphatic rings. The molecule has 1 saturated heterocycles. The van der Waals surface area contributed by atoms with Crippen LogP contribution in [0.1, 0.15) is 44.9 Å². The Morgan fingerprint density at radius 2 is 1.96 bits per heavy atom. The molecule has 7 heteroatoms. The van der Waals surface area contributed by atoms with Gasteiger partial charge in [-0.1, -0.05) is 15.9 Å². The van der Waals surface area contributed by atoms with Crippen LogP contribution in [0.2, 0.25) is 0 Å². The Labute approximate surface area is 162 Å². The summed E-state index contributed by atoms with van der Waals surface area (Å²) in [5.41, 5.74) is 1.64. The molecule has 2 amide bonds. The fraction of sp³-hybridized carbons (Fsp3) is 0.579. The molecule has 0 radical (unpaired) electrons. The normalized spacial score (nSPS) is 26.1. The molecule has 0 unspecified atom stereocenters. The summed E-state index contributed by atoms with van der Waals surface area (Å²) < 4.78 is 6.33. The van der Waals surface area contributed by atoms with E-state index in [0.29, 0.717) is 25.0 Å². The largest absolute Gasteiger partial charge is 0.381 e. The van der Waals surface area contributed by atoms with Crippen molar-refractivity contribution in [1.29, 1.82) is 0 Å². The summed E-state index contributed by atoms with van der Waals surface area (Å²) in [7, 11) is 1.77. The molecular weight excluding hydrogens is 398 g/mol. The molecule has 1 aromatic rings. The van der Waals surface area contributed by atoms with E-state index in [1.54, 1.807) is 7.11 Å². The minimum Gasteiger partial charge on any atom is -0.381 e. The standard InChI is InChI=1S/C19H26BrN3O3/c1-26-14-8-6-13(7-9-14)21-15-10-5-12(20)11-17(15)23-19(25)16-3-2-4-18(24)22-16/h5,10-11,13-14,16,21H,2-4,6-9H2,1H3,(H,22,24)(H,23,25)/t13-,14-,16-/m0/s1. The smallest absolute Gasteiger partial charge is 0.247 e. The molecule has 0 aromatic heterocycles. The van der Waals surface area contributed by atoms with E-state index >= 15 is 0 Å². The Bertz CT molecular complexity index is 659. The number of hydrogen-bond acceptors (Lipinski definition) is 4. The Hall–Kier alpha value is -1.60. The summed E-state index contributed by atoms with van der Waals surface area (Å²) in [5.74, 6) is -0.221. The lowest BCUT2D eigenvalue weighted by molar-refractivity contribution is -0.128. The van der Waals surface area contributed by atoms with Gasteiger partial charge < -0.3 is 20.7 Å². The van der Waals surface area contributed by atoms with Crippen molar-refractivity contribution in [2.24, 2.45) is 0 Å². The van der Waals surface area contributed by atoms with Gasteiger partial charge in [-0.05, 0) is 56.7 Å². The number of ether oxygens (including phenoxy) is 1. The van der Waals surface area contributed by atoms with Crippen LogP contribution in [-0.2, 0) is 14.3 Å². The third-order valence-electron chi connectivity index (χ3n) is 5.15. The molecule has 1 saturated carbocycles. The molecule has 3 N–H and O–H groups in total. The van der Waals surface area contributed by atoms with Crippen LogP contribution in [0.4, 0.5) is 11.4 Å². The first-order valence-electron chi connectivity index (χ1n) is 9.24. The number of nitrogens with one attached hydrogen (secondary N) is 3. The Morgan fingerprint density at radius 1 is 1.19 bits per heavy atom. The molecule has 1 heterocycles. The zero-order chi connectivity index (χ0) is 18.5. The number of hydrogen-bond donors (Lipinski definition) is 3. The quantitative estimate of drug-likeness (QED) is 0.677. The van der Waals surface area contributed by atoms with Gasteiger partial charge in [0.25, 0.3) is 0 Å². The van der Waals surface area contributed by atoms with Crippen LogP contribution in [-0.4, -0.2) is 37.1 Å². The Morgan fingerprint density at radius 3 is 2.65 bits per heavy atom. The first-order chi connectivity index (χ1) is 12.5. The van der Waals surface area contributed by atoms with Gasteiger partial charge in [0.05, 0.1) is 17.5 Å². The first kappa shape index (κ1) is 19.2. The highest BCUT2D eigenvalue weighted by atomic mass is 79.9. The number of rotatable bonds is 5. The van der Waals surface area contributed by atoms with Gasteiger partial charge in [0, 0.05) is 24.0 Å². The maximum atomic E-state index is 12.6. The average Bonchev–Trinajstić information content (AvgIpc) is 2.64. The van der Waals surface area contributed by atoms with Crippen molar-refractivity contribution >= 4 is 39.1 Å². The average molecular weight is 424 g/mol. The third kappa shape index (κ3) is 4.98. The lowest BCUT2D eigenvalue weighted by atomic mass is 9.92. The van der Waals surface area contributed by atoms with Crippen molar-refractivity contribution in [2.75, 3.05) is 17.7 Å².